The molecule has 104 valence electrons. The van der Waals surface area contributed by atoms with Gasteiger partial charge >= 0.3 is 0 Å². The van der Waals surface area contributed by atoms with E-state index in [4.69, 9.17) is 5.73 Å². The van der Waals surface area contributed by atoms with Gasteiger partial charge < -0.3 is 10.8 Å². The Balaban J connectivity index is 3.10. The highest BCUT2D eigenvalue weighted by Gasteiger charge is 2.41. The largest absolute Gasteiger partial charge is 0.386 e. The topological polar surface area (TPSA) is 46.2 Å². The maximum Gasteiger partial charge on any atom is 0.0973 e. The van der Waals surface area contributed by atoms with E-state index < -0.39 is 11.6 Å². The molecule has 2 atom stereocenters. The summed E-state index contributed by atoms with van der Waals surface area (Å²) >= 11 is 0. The summed E-state index contributed by atoms with van der Waals surface area (Å²) in [6.45, 7) is 15.0. The molecule has 0 aromatic carbocycles. The second-order valence-electron chi connectivity index (χ2n) is 7.78. The van der Waals surface area contributed by atoms with Crippen molar-refractivity contribution < 1.29 is 5.11 Å². The fourth-order valence-electron chi connectivity index (χ4n) is 3.05. The van der Waals surface area contributed by atoms with E-state index in [1.165, 1.54) is 0 Å². The van der Waals surface area contributed by atoms with Crippen molar-refractivity contribution in [1.82, 2.24) is 0 Å². The van der Waals surface area contributed by atoms with E-state index in [0.717, 1.165) is 17.6 Å². The van der Waals surface area contributed by atoms with Gasteiger partial charge in [-0.05, 0) is 36.7 Å². The summed E-state index contributed by atoms with van der Waals surface area (Å²) in [4.78, 5) is 0. The summed E-state index contributed by atoms with van der Waals surface area (Å²) in [6.07, 6.45) is 4.53. The van der Waals surface area contributed by atoms with Crippen LogP contribution in [0.4, 0.5) is 0 Å². The Morgan fingerprint density at radius 1 is 1.22 bits per heavy atom. The molecule has 0 aromatic heterocycles. The lowest BCUT2D eigenvalue weighted by molar-refractivity contribution is 0.108. The first kappa shape index (κ1) is 15.5. The maximum atomic E-state index is 10.6. The van der Waals surface area contributed by atoms with Gasteiger partial charge in [0.25, 0.3) is 0 Å². The molecule has 1 aliphatic rings. The number of nitrogens with two attached hydrogens (primary N) is 1. The molecule has 0 spiro atoms. The van der Waals surface area contributed by atoms with Crippen LogP contribution in [0.25, 0.3) is 0 Å². The lowest BCUT2D eigenvalue weighted by Crippen LogP contribution is -2.53. The van der Waals surface area contributed by atoms with Crippen molar-refractivity contribution >= 4 is 0 Å². The van der Waals surface area contributed by atoms with Gasteiger partial charge in [0.1, 0.15) is 0 Å². The molecule has 0 fully saturated rings. The average molecular weight is 251 g/mol. The Kier molecular flexibility index (Phi) is 3.86. The summed E-state index contributed by atoms with van der Waals surface area (Å²) in [6, 6.07) is 0. The van der Waals surface area contributed by atoms with Crippen LogP contribution in [0.3, 0.4) is 0 Å². The highest BCUT2D eigenvalue weighted by molar-refractivity contribution is 5.39. The van der Waals surface area contributed by atoms with Crippen molar-refractivity contribution in [3.05, 3.63) is 23.3 Å². The highest BCUT2D eigenvalue weighted by Crippen LogP contribution is 2.44. The smallest absolute Gasteiger partial charge is 0.0973 e. The van der Waals surface area contributed by atoms with Crippen molar-refractivity contribution in [1.29, 1.82) is 0 Å². The number of aliphatic hydroxyl groups is 1. The highest BCUT2D eigenvalue weighted by atomic mass is 16.3. The molecular weight excluding hydrogens is 222 g/mol. The molecule has 0 aliphatic heterocycles. The van der Waals surface area contributed by atoms with Crippen molar-refractivity contribution in [2.45, 2.75) is 66.5 Å². The summed E-state index contributed by atoms with van der Waals surface area (Å²) in [5.74, 6) is 0. The van der Waals surface area contributed by atoms with Crippen molar-refractivity contribution in [2.24, 2.45) is 16.6 Å². The minimum atomic E-state index is -0.654. The Morgan fingerprint density at radius 3 is 2.17 bits per heavy atom. The zero-order valence-corrected chi connectivity index (χ0v) is 13.0. The minimum Gasteiger partial charge on any atom is -0.386 e. The number of rotatable bonds is 2. The van der Waals surface area contributed by atoms with E-state index in [2.05, 4.69) is 40.7 Å². The van der Waals surface area contributed by atoms with Gasteiger partial charge in [0.15, 0.2) is 0 Å². The summed E-state index contributed by atoms with van der Waals surface area (Å²) < 4.78 is 0. The van der Waals surface area contributed by atoms with Crippen LogP contribution >= 0.6 is 0 Å². The second kappa shape index (κ2) is 4.50. The van der Waals surface area contributed by atoms with Crippen LogP contribution in [0.15, 0.2) is 23.3 Å². The van der Waals surface area contributed by atoms with Crippen LogP contribution in [-0.2, 0) is 0 Å². The monoisotopic (exact) mass is 251 g/mol. The predicted octanol–water partition coefficient (Wildman–Crippen LogP) is 3.41. The van der Waals surface area contributed by atoms with E-state index in [0.29, 0.717) is 0 Å². The third-order valence-corrected chi connectivity index (χ3v) is 3.98. The van der Waals surface area contributed by atoms with Gasteiger partial charge in [-0.25, -0.2) is 0 Å². The molecule has 0 radical (unpaired) electrons. The molecule has 2 unspecified atom stereocenters. The molecule has 3 N–H and O–H groups in total. The number of aliphatic hydroxyl groups excluding tert-OH is 1. The van der Waals surface area contributed by atoms with Gasteiger partial charge in [0, 0.05) is 0 Å². The van der Waals surface area contributed by atoms with E-state index >= 15 is 0 Å². The van der Waals surface area contributed by atoms with Gasteiger partial charge in [-0.3, -0.25) is 0 Å². The summed E-state index contributed by atoms with van der Waals surface area (Å²) in [7, 11) is 0. The van der Waals surface area contributed by atoms with Gasteiger partial charge in [0.05, 0.1) is 11.6 Å². The van der Waals surface area contributed by atoms with Gasteiger partial charge in [-0.15, -0.1) is 0 Å². The minimum absolute atomic E-state index is 0.0461. The Morgan fingerprint density at radius 2 is 1.72 bits per heavy atom. The molecule has 0 amide bonds. The fourth-order valence-corrected chi connectivity index (χ4v) is 3.05. The van der Waals surface area contributed by atoms with Crippen LogP contribution in [0.5, 0.6) is 0 Å². The first-order valence-electron chi connectivity index (χ1n) is 6.74. The fraction of sp³-hybridized carbons (Fsp3) is 0.750. The quantitative estimate of drug-likeness (QED) is 0.790. The lowest BCUT2D eigenvalue weighted by atomic mass is 9.65. The Labute approximate surface area is 112 Å². The second-order valence-corrected chi connectivity index (χ2v) is 7.78. The molecule has 0 bridgehead atoms. The average Bonchev–Trinajstić information content (AvgIpc) is 2.10. The van der Waals surface area contributed by atoms with Crippen LogP contribution in [0, 0.1) is 10.8 Å². The zero-order valence-electron chi connectivity index (χ0n) is 13.0. The molecule has 2 heteroatoms. The SMILES string of the molecule is CC1=CC=C(C(C)(C)CC(C)(C)C)C(O)C1(C)N. The van der Waals surface area contributed by atoms with Crippen LogP contribution in [-0.4, -0.2) is 16.7 Å². The number of hydrogen-bond acceptors (Lipinski definition) is 2. The van der Waals surface area contributed by atoms with E-state index in [1.54, 1.807) is 0 Å². The molecule has 2 nitrogen and oxygen atoms in total. The van der Waals surface area contributed by atoms with E-state index in [-0.39, 0.29) is 10.8 Å². The predicted molar refractivity (Wildman–Crippen MR) is 78.3 cm³/mol. The van der Waals surface area contributed by atoms with Gasteiger partial charge in [0.2, 0.25) is 0 Å². The van der Waals surface area contributed by atoms with E-state index in [1.807, 2.05) is 19.9 Å². The summed E-state index contributed by atoms with van der Waals surface area (Å²) in [5, 5.41) is 10.6. The van der Waals surface area contributed by atoms with Crippen LogP contribution < -0.4 is 5.73 Å². The number of allylic oxidation sites excluding steroid dienone is 2. The van der Waals surface area contributed by atoms with Gasteiger partial charge in [-0.2, -0.15) is 0 Å². The molecule has 0 saturated heterocycles. The Hall–Kier alpha value is -0.600. The molecule has 0 saturated carbocycles. The van der Waals surface area contributed by atoms with Crippen molar-refractivity contribution in [3.8, 4) is 0 Å². The van der Waals surface area contributed by atoms with Crippen LogP contribution in [0.2, 0.25) is 0 Å². The summed E-state index contributed by atoms with van der Waals surface area (Å²) in [5.41, 5.74) is 7.87. The third kappa shape index (κ3) is 3.04. The van der Waals surface area contributed by atoms with Crippen LogP contribution in [0.1, 0.15) is 54.9 Å². The first-order valence-corrected chi connectivity index (χ1v) is 6.74. The lowest BCUT2D eigenvalue weighted by Gasteiger charge is -2.43. The maximum absolute atomic E-state index is 10.6. The molecule has 0 heterocycles. The molecule has 0 aromatic rings. The zero-order chi connectivity index (χ0) is 14.4. The van der Waals surface area contributed by atoms with E-state index in [9.17, 15) is 5.11 Å². The van der Waals surface area contributed by atoms with Gasteiger partial charge in [-0.1, -0.05) is 52.3 Å². The third-order valence-electron chi connectivity index (χ3n) is 3.98. The molecule has 18 heavy (non-hydrogen) atoms. The standard InChI is InChI=1S/C16H29NO/c1-11-8-9-12(13(18)16(11,7)17)15(5,6)10-14(2,3)4/h8-9,13,18H,10,17H2,1-7H3. The first-order chi connectivity index (χ1) is 7.88. The molecule has 1 aliphatic carbocycles. The van der Waals surface area contributed by atoms with Crippen molar-refractivity contribution in [2.75, 3.05) is 0 Å². The van der Waals surface area contributed by atoms with Crippen molar-refractivity contribution in [3.63, 3.8) is 0 Å². The Bertz CT molecular complexity index is 380. The normalized spacial score (nSPS) is 29.9. The number of hydrogen-bond donors (Lipinski definition) is 2. The molecular formula is C16H29NO. The molecule has 1 rings (SSSR count).